The van der Waals surface area contributed by atoms with E-state index in [9.17, 15) is 19.8 Å². The number of carbonyl (C=O) groups is 2. The molecule has 196 valence electrons. The molecule has 0 unspecified atom stereocenters. The van der Waals surface area contributed by atoms with Crippen LogP contribution in [-0.2, 0) is 19.1 Å². The largest absolute Gasteiger partial charge is 0.458 e. The lowest BCUT2D eigenvalue weighted by atomic mass is 9.73. The van der Waals surface area contributed by atoms with Gasteiger partial charge >= 0.3 is 5.97 Å². The second kappa shape index (κ2) is 11.6. The Hall–Kier alpha value is -1.61. The van der Waals surface area contributed by atoms with Crippen LogP contribution in [0.5, 0.6) is 0 Å². The number of thiazole rings is 1. The first-order chi connectivity index (χ1) is 16.4. The predicted molar refractivity (Wildman–Crippen MR) is 136 cm³/mol. The number of nitrogens with zero attached hydrogens (tertiary/aromatic N) is 1. The second-order valence-corrected chi connectivity index (χ2v) is 12.0. The van der Waals surface area contributed by atoms with Crippen molar-refractivity contribution in [2.24, 2.45) is 17.3 Å². The summed E-state index contributed by atoms with van der Waals surface area (Å²) in [5, 5.41) is 24.6. The number of rotatable bonds is 2. The molecule has 2 fully saturated rings. The van der Waals surface area contributed by atoms with Crippen LogP contribution in [0.2, 0.25) is 0 Å². The zero-order valence-corrected chi connectivity index (χ0v) is 22.6. The number of hydrogen-bond donors (Lipinski definition) is 2. The Morgan fingerprint density at radius 1 is 1.17 bits per heavy atom. The van der Waals surface area contributed by atoms with Crippen molar-refractivity contribution in [3.05, 3.63) is 21.7 Å². The van der Waals surface area contributed by atoms with Crippen LogP contribution in [0.3, 0.4) is 0 Å². The lowest BCUT2D eigenvalue weighted by Crippen LogP contribution is -2.45. The monoisotopic (exact) mass is 507 g/mol. The van der Waals surface area contributed by atoms with E-state index in [1.165, 1.54) is 0 Å². The number of fused-ring (bicyclic) bond motifs is 1. The summed E-state index contributed by atoms with van der Waals surface area (Å²) in [6.07, 6.45) is 3.48. The van der Waals surface area contributed by atoms with Crippen molar-refractivity contribution >= 4 is 29.2 Å². The number of epoxide rings is 1. The number of aliphatic hydroxyl groups is 2. The maximum Gasteiger partial charge on any atom is 0.309 e. The number of aryl methyl sites for hydroxylation is 1. The van der Waals surface area contributed by atoms with Crippen LogP contribution in [-0.4, -0.2) is 57.5 Å². The number of ketones is 1. The van der Waals surface area contributed by atoms with E-state index in [1.807, 2.05) is 32.2 Å². The number of cyclic esters (lactones) is 1. The number of Topliss-reactive ketones (excluding diaryl/α,β-unsaturated/α-hetero) is 1. The molecule has 3 rings (SSSR count). The molecule has 8 heteroatoms. The Bertz CT molecular complexity index is 925. The van der Waals surface area contributed by atoms with Gasteiger partial charge in [-0.15, -0.1) is 11.3 Å². The van der Waals surface area contributed by atoms with Gasteiger partial charge < -0.3 is 19.7 Å². The second-order valence-electron chi connectivity index (χ2n) is 11.0. The molecule has 0 radical (unpaired) electrons. The molecule has 0 aliphatic carbocycles. The first kappa shape index (κ1) is 28.0. The lowest BCUT2D eigenvalue weighted by Gasteiger charge is -2.34. The Morgan fingerprint density at radius 2 is 1.86 bits per heavy atom. The number of aromatic nitrogens is 1. The number of carbonyl (C=O) groups excluding carboxylic acids is 2. The fourth-order valence-electron chi connectivity index (χ4n) is 4.95. The molecule has 2 saturated heterocycles. The molecule has 1 aromatic heterocycles. The van der Waals surface area contributed by atoms with Crippen LogP contribution in [0.4, 0.5) is 0 Å². The van der Waals surface area contributed by atoms with Gasteiger partial charge in [-0.2, -0.15) is 0 Å². The van der Waals surface area contributed by atoms with Crippen molar-refractivity contribution in [3.63, 3.8) is 0 Å². The van der Waals surface area contributed by atoms with Crippen LogP contribution in [0, 0.1) is 24.2 Å². The highest BCUT2D eigenvalue weighted by atomic mass is 32.1. The third kappa shape index (κ3) is 7.21. The van der Waals surface area contributed by atoms with E-state index in [-0.39, 0.29) is 30.3 Å². The first-order valence-electron chi connectivity index (χ1n) is 12.8. The zero-order chi connectivity index (χ0) is 25.9. The quantitative estimate of drug-likeness (QED) is 0.449. The van der Waals surface area contributed by atoms with Crippen LogP contribution in [0.1, 0.15) is 83.8 Å². The van der Waals surface area contributed by atoms with E-state index >= 15 is 0 Å². The van der Waals surface area contributed by atoms with Gasteiger partial charge in [0.15, 0.2) is 0 Å². The maximum absolute atomic E-state index is 13.2. The Morgan fingerprint density at radius 3 is 2.51 bits per heavy atom. The normalized spacial score (nSPS) is 35.7. The van der Waals surface area contributed by atoms with Crippen LogP contribution in [0.25, 0.3) is 6.08 Å². The fourth-order valence-corrected chi connectivity index (χ4v) is 5.52. The summed E-state index contributed by atoms with van der Waals surface area (Å²) in [6, 6.07) is 0. The van der Waals surface area contributed by atoms with Gasteiger partial charge in [0.1, 0.15) is 11.9 Å². The predicted octanol–water partition coefficient (Wildman–Crippen LogP) is 4.48. The Labute approximate surface area is 212 Å². The molecule has 1 aromatic rings. The van der Waals surface area contributed by atoms with Gasteiger partial charge in [-0.1, -0.05) is 40.5 Å². The van der Waals surface area contributed by atoms with Gasteiger partial charge in [0.25, 0.3) is 0 Å². The molecule has 35 heavy (non-hydrogen) atoms. The maximum atomic E-state index is 13.2. The molecule has 7 nitrogen and oxygen atoms in total. The number of esters is 1. The smallest absolute Gasteiger partial charge is 0.309 e. The summed E-state index contributed by atoms with van der Waals surface area (Å²) in [5.74, 6) is -1.49. The SMILES string of the molecule is C/C(=C\c1csc(C)n1)[C@H]1C[C@@H]2O[C@@H]2CCCC[C@@H](C)[C@@H](O)[C@@H](C)C(=O)C(C)(C)[C@@H](O)CC(=O)O1. The van der Waals surface area contributed by atoms with Crippen LogP contribution < -0.4 is 0 Å². The van der Waals surface area contributed by atoms with Crippen molar-refractivity contribution in [3.8, 4) is 0 Å². The van der Waals surface area contributed by atoms with Gasteiger partial charge in [0, 0.05) is 17.7 Å². The van der Waals surface area contributed by atoms with E-state index in [0.717, 1.165) is 42.0 Å². The lowest BCUT2D eigenvalue weighted by molar-refractivity contribution is -0.154. The van der Waals surface area contributed by atoms with Gasteiger partial charge in [-0.05, 0) is 44.3 Å². The molecule has 3 heterocycles. The third-order valence-corrected chi connectivity index (χ3v) is 8.45. The van der Waals surface area contributed by atoms with E-state index in [0.29, 0.717) is 6.42 Å². The molecule has 2 aliphatic heterocycles. The third-order valence-electron chi connectivity index (χ3n) is 7.66. The van der Waals surface area contributed by atoms with E-state index in [1.54, 1.807) is 32.1 Å². The molecule has 0 spiro atoms. The number of aliphatic hydroxyl groups excluding tert-OH is 2. The van der Waals surface area contributed by atoms with Gasteiger partial charge in [-0.3, -0.25) is 9.59 Å². The highest BCUT2D eigenvalue weighted by Crippen LogP contribution is 2.36. The van der Waals surface area contributed by atoms with Gasteiger partial charge in [0.05, 0.1) is 47.0 Å². The van der Waals surface area contributed by atoms with Crippen molar-refractivity contribution in [2.45, 2.75) is 111 Å². The molecule has 7 atom stereocenters. The summed E-state index contributed by atoms with van der Waals surface area (Å²) in [6.45, 7) is 10.8. The van der Waals surface area contributed by atoms with Crippen molar-refractivity contribution < 1.29 is 29.3 Å². The minimum absolute atomic E-state index is 0.0231. The number of hydrogen-bond acceptors (Lipinski definition) is 8. The summed E-state index contributed by atoms with van der Waals surface area (Å²) < 4.78 is 11.7. The highest BCUT2D eigenvalue weighted by molar-refractivity contribution is 7.09. The summed E-state index contributed by atoms with van der Waals surface area (Å²) in [7, 11) is 0. The highest BCUT2D eigenvalue weighted by Gasteiger charge is 2.44. The number of ether oxygens (including phenoxy) is 2. The van der Waals surface area contributed by atoms with Crippen LogP contribution >= 0.6 is 11.3 Å². The minimum atomic E-state index is -1.22. The molecule has 2 N–H and O–H groups in total. The summed E-state index contributed by atoms with van der Waals surface area (Å²) in [4.78, 5) is 30.6. The minimum Gasteiger partial charge on any atom is -0.458 e. The first-order valence-corrected chi connectivity index (χ1v) is 13.6. The average Bonchev–Trinajstić information content (AvgIpc) is 3.41. The average molecular weight is 508 g/mol. The van der Waals surface area contributed by atoms with Crippen LogP contribution in [0.15, 0.2) is 11.0 Å². The van der Waals surface area contributed by atoms with Gasteiger partial charge in [0.2, 0.25) is 0 Å². The molecule has 2 aliphatic rings. The van der Waals surface area contributed by atoms with E-state index < -0.39 is 35.6 Å². The molecule has 0 aromatic carbocycles. The van der Waals surface area contributed by atoms with Crippen molar-refractivity contribution in [2.75, 3.05) is 0 Å². The molecular formula is C27H41NO6S. The van der Waals surface area contributed by atoms with Gasteiger partial charge in [-0.25, -0.2) is 4.98 Å². The zero-order valence-electron chi connectivity index (χ0n) is 21.8. The topological polar surface area (TPSA) is 109 Å². The Balaban J connectivity index is 1.80. The molecule has 0 amide bonds. The molecule has 0 saturated carbocycles. The standard InChI is InChI=1S/C27H41NO6S/c1-15-9-7-8-10-20-22(33-20)12-21(16(2)11-19-14-35-18(4)28-19)34-24(30)13-23(29)27(5,6)26(32)17(3)25(15)31/h11,14-15,17,20-23,25,29,31H,7-10,12-13H2,1-6H3/b16-11+/t15-,17-,20-,21-,22+,23+,25-/m1/s1. The summed E-state index contributed by atoms with van der Waals surface area (Å²) in [5.41, 5.74) is 0.494. The van der Waals surface area contributed by atoms with E-state index in [4.69, 9.17) is 9.47 Å². The van der Waals surface area contributed by atoms with Crippen molar-refractivity contribution in [1.29, 1.82) is 0 Å². The molecule has 0 bridgehead atoms. The van der Waals surface area contributed by atoms with E-state index in [2.05, 4.69) is 4.98 Å². The summed E-state index contributed by atoms with van der Waals surface area (Å²) >= 11 is 1.56. The fraction of sp³-hybridized carbons (Fsp3) is 0.741. The molecular weight excluding hydrogens is 466 g/mol. The van der Waals surface area contributed by atoms with Crippen molar-refractivity contribution in [1.82, 2.24) is 4.98 Å². The Kier molecular flexibility index (Phi) is 9.29.